The molecule has 24 heavy (non-hydrogen) atoms. The van der Waals surface area contributed by atoms with Crippen LogP contribution in [0, 0.1) is 5.82 Å². The summed E-state index contributed by atoms with van der Waals surface area (Å²) in [6.07, 6.45) is 0.992. The van der Waals surface area contributed by atoms with Crippen molar-refractivity contribution in [3.05, 3.63) is 65.3 Å². The van der Waals surface area contributed by atoms with Gasteiger partial charge in [-0.05, 0) is 36.2 Å². The summed E-state index contributed by atoms with van der Waals surface area (Å²) in [5.74, 6) is -0.563. The van der Waals surface area contributed by atoms with Gasteiger partial charge in [-0.15, -0.1) is 11.3 Å². The largest absolute Gasteiger partial charge is 0.370 e. The number of primary amides is 1. The highest BCUT2D eigenvalue weighted by atomic mass is 32.1. The summed E-state index contributed by atoms with van der Waals surface area (Å²) < 4.78 is 12.9. The number of thiazole rings is 1. The van der Waals surface area contributed by atoms with Gasteiger partial charge in [0.2, 0.25) is 5.91 Å². The van der Waals surface area contributed by atoms with Gasteiger partial charge in [0.15, 0.2) is 5.13 Å². The first kappa shape index (κ1) is 16.1. The maximum absolute atomic E-state index is 12.9. The maximum atomic E-state index is 12.9. The first-order chi connectivity index (χ1) is 11.6. The molecule has 2 aromatic carbocycles. The lowest BCUT2D eigenvalue weighted by atomic mass is 10.1. The predicted molar refractivity (Wildman–Crippen MR) is 94.7 cm³/mol. The first-order valence-electron chi connectivity index (χ1n) is 7.46. The highest BCUT2D eigenvalue weighted by Gasteiger charge is 2.06. The molecule has 0 atom stereocenters. The molecule has 0 radical (unpaired) electrons. The van der Waals surface area contributed by atoms with Crippen LogP contribution in [0.5, 0.6) is 0 Å². The first-order valence-corrected chi connectivity index (χ1v) is 8.34. The minimum Gasteiger partial charge on any atom is -0.370 e. The number of nitrogens with zero attached hydrogens (tertiary/aromatic N) is 1. The molecule has 0 aliphatic carbocycles. The molecular weight excluding hydrogens is 325 g/mol. The predicted octanol–water partition coefficient (Wildman–Crippen LogP) is 4.11. The zero-order valence-electron chi connectivity index (χ0n) is 12.8. The molecule has 0 bridgehead atoms. The van der Waals surface area contributed by atoms with Gasteiger partial charge >= 0.3 is 0 Å². The number of nitrogens with one attached hydrogen (secondary N) is 1. The monoisotopic (exact) mass is 341 g/mol. The van der Waals surface area contributed by atoms with Crippen molar-refractivity contribution in [1.29, 1.82) is 0 Å². The summed E-state index contributed by atoms with van der Waals surface area (Å²) >= 11 is 1.48. The average Bonchev–Trinajstić information content (AvgIpc) is 3.04. The van der Waals surface area contributed by atoms with E-state index in [1.165, 1.54) is 23.5 Å². The zero-order valence-corrected chi connectivity index (χ0v) is 13.6. The molecule has 0 fully saturated rings. The van der Waals surface area contributed by atoms with E-state index in [1.54, 1.807) is 12.1 Å². The lowest BCUT2D eigenvalue weighted by Crippen LogP contribution is -2.11. The van der Waals surface area contributed by atoms with E-state index in [2.05, 4.69) is 10.3 Å². The molecule has 0 unspecified atom stereocenters. The van der Waals surface area contributed by atoms with Crippen LogP contribution in [0.1, 0.15) is 12.0 Å². The lowest BCUT2D eigenvalue weighted by Gasteiger charge is -2.02. The van der Waals surface area contributed by atoms with E-state index in [1.807, 2.05) is 29.6 Å². The van der Waals surface area contributed by atoms with Crippen molar-refractivity contribution >= 4 is 28.1 Å². The number of carbonyl (C=O) groups excluding carboxylic acids is 1. The second kappa shape index (κ2) is 7.23. The van der Waals surface area contributed by atoms with Crippen molar-refractivity contribution in [1.82, 2.24) is 4.98 Å². The van der Waals surface area contributed by atoms with Gasteiger partial charge < -0.3 is 11.1 Å². The number of anilines is 2. The Labute approximate surface area is 143 Å². The number of aryl methyl sites for hydroxylation is 1. The van der Waals surface area contributed by atoms with E-state index in [0.29, 0.717) is 12.8 Å². The van der Waals surface area contributed by atoms with Crippen molar-refractivity contribution in [3.8, 4) is 11.3 Å². The third kappa shape index (κ3) is 4.17. The number of halogens is 1. The molecule has 0 aliphatic heterocycles. The Morgan fingerprint density at radius 1 is 1.12 bits per heavy atom. The Morgan fingerprint density at radius 3 is 2.50 bits per heavy atom. The molecule has 122 valence electrons. The van der Waals surface area contributed by atoms with E-state index < -0.39 is 0 Å². The lowest BCUT2D eigenvalue weighted by molar-refractivity contribution is -0.117. The molecule has 0 spiro atoms. The summed E-state index contributed by atoms with van der Waals surface area (Å²) in [7, 11) is 0. The number of amides is 1. The topological polar surface area (TPSA) is 68.0 Å². The van der Waals surface area contributed by atoms with Gasteiger partial charge in [0.25, 0.3) is 0 Å². The molecule has 1 amide bonds. The van der Waals surface area contributed by atoms with Gasteiger partial charge in [-0.2, -0.15) is 0 Å². The highest BCUT2D eigenvalue weighted by molar-refractivity contribution is 7.14. The molecule has 1 aromatic heterocycles. The Hall–Kier alpha value is -2.73. The molecule has 6 heteroatoms. The second-order valence-electron chi connectivity index (χ2n) is 5.33. The summed E-state index contributed by atoms with van der Waals surface area (Å²) in [5, 5.41) is 5.86. The van der Waals surface area contributed by atoms with Gasteiger partial charge in [-0.3, -0.25) is 4.79 Å². The number of aromatic nitrogens is 1. The maximum Gasteiger partial charge on any atom is 0.217 e. The summed E-state index contributed by atoms with van der Waals surface area (Å²) in [5.41, 5.74) is 8.89. The molecule has 3 rings (SSSR count). The number of hydrogen-bond acceptors (Lipinski definition) is 4. The third-order valence-electron chi connectivity index (χ3n) is 3.51. The fourth-order valence-corrected chi connectivity index (χ4v) is 2.97. The SMILES string of the molecule is NC(=O)CCc1ccc(-c2csc(Nc3ccc(F)cc3)n2)cc1. The molecule has 3 aromatic rings. The highest BCUT2D eigenvalue weighted by Crippen LogP contribution is 2.27. The normalized spacial score (nSPS) is 10.5. The van der Waals surface area contributed by atoms with Crippen LogP contribution in [0.4, 0.5) is 15.2 Å². The van der Waals surface area contributed by atoms with Crippen LogP contribution in [0.3, 0.4) is 0 Å². The summed E-state index contributed by atoms with van der Waals surface area (Å²) in [6, 6.07) is 14.1. The third-order valence-corrected chi connectivity index (χ3v) is 4.27. The standard InChI is InChI=1S/C18H16FN3OS/c19-14-6-8-15(9-7-14)21-18-22-16(11-24-18)13-4-1-12(2-5-13)3-10-17(20)23/h1-2,4-9,11H,3,10H2,(H2,20,23)(H,21,22). The average molecular weight is 341 g/mol. The zero-order chi connectivity index (χ0) is 16.9. The van der Waals surface area contributed by atoms with Crippen molar-refractivity contribution in [2.24, 2.45) is 5.73 Å². The van der Waals surface area contributed by atoms with Crippen LogP contribution in [-0.4, -0.2) is 10.9 Å². The van der Waals surface area contributed by atoms with Gasteiger partial charge in [0, 0.05) is 23.1 Å². The fourth-order valence-electron chi connectivity index (χ4n) is 2.23. The van der Waals surface area contributed by atoms with Gasteiger partial charge in [0.1, 0.15) is 5.82 Å². The van der Waals surface area contributed by atoms with Crippen molar-refractivity contribution < 1.29 is 9.18 Å². The van der Waals surface area contributed by atoms with Gasteiger partial charge in [-0.25, -0.2) is 9.37 Å². The molecule has 4 nitrogen and oxygen atoms in total. The molecule has 0 saturated carbocycles. The summed E-state index contributed by atoms with van der Waals surface area (Å²) in [4.78, 5) is 15.4. The quantitative estimate of drug-likeness (QED) is 0.709. The van der Waals surface area contributed by atoms with E-state index in [-0.39, 0.29) is 11.7 Å². The minimum atomic E-state index is -0.296. The molecular formula is C18H16FN3OS. The van der Waals surface area contributed by atoms with Crippen molar-refractivity contribution in [2.75, 3.05) is 5.32 Å². The van der Waals surface area contributed by atoms with Crippen LogP contribution in [0.25, 0.3) is 11.3 Å². The number of rotatable bonds is 6. The fraction of sp³-hybridized carbons (Fsp3) is 0.111. The Morgan fingerprint density at radius 2 is 1.83 bits per heavy atom. The number of benzene rings is 2. The number of nitrogens with two attached hydrogens (primary N) is 1. The smallest absolute Gasteiger partial charge is 0.217 e. The second-order valence-corrected chi connectivity index (χ2v) is 6.19. The van der Waals surface area contributed by atoms with Gasteiger partial charge in [0.05, 0.1) is 5.69 Å². The van der Waals surface area contributed by atoms with Crippen molar-refractivity contribution in [2.45, 2.75) is 12.8 Å². The molecule has 3 N–H and O–H groups in total. The van der Waals surface area contributed by atoms with Crippen molar-refractivity contribution in [3.63, 3.8) is 0 Å². The minimum absolute atomic E-state index is 0.267. The van der Waals surface area contributed by atoms with Crippen LogP contribution in [0.2, 0.25) is 0 Å². The van der Waals surface area contributed by atoms with E-state index >= 15 is 0 Å². The van der Waals surface area contributed by atoms with Crippen LogP contribution in [0.15, 0.2) is 53.9 Å². The number of hydrogen-bond donors (Lipinski definition) is 2. The van der Waals surface area contributed by atoms with Crippen LogP contribution >= 0.6 is 11.3 Å². The summed E-state index contributed by atoms with van der Waals surface area (Å²) in [6.45, 7) is 0. The van der Waals surface area contributed by atoms with Crippen LogP contribution in [-0.2, 0) is 11.2 Å². The molecule has 0 aliphatic rings. The molecule has 0 saturated heterocycles. The van der Waals surface area contributed by atoms with E-state index in [9.17, 15) is 9.18 Å². The molecule has 1 heterocycles. The Kier molecular flexibility index (Phi) is 4.86. The Bertz CT molecular complexity index is 828. The van der Waals surface area contributed by atoms with Gasteiger partial charge in [-0.1, -0.05) is 24.3 Å². The van der Waals surface area contributed by atoms with E-state index in [0.717, 1.165) is 27.6 Å². The van der Waals surface area contributed by atoms with E-state index in [4.69, 9.17) is 5.73 Å². The number of carbonyl (C=O) groups is 1. The van der Waals surface area contributed by atoms with Crippen LogP contribution < -0.4 is 11.1 Å². The Balaban J connectivity index is 1.68.